The van der Waals surface area contributed by atoms with Crippen LogP contribution in [-0.4, -0.2) is 14.9 Å². The van der Waals surface area contributed by atoms with Gasteiger partial charge in [-0.05, 0) is 25.5 Å². The highest BCUT2D eigenvalue weighted by molar-refractivity contribution is 6.31. The third-order valence-electron chi connectivity index (χ3n) is 2.46. The van der Waals surface area contributed by atoms with Crippen LogP contribution in [0.4, 0.5) is 5.69 Å². The highest BCUT2D eigenvalue weighted by atomic mass is 35.5. The molecule has 19 heavy (non-hydrogen) atoms. The first-order chi connectivity index (χ1) is 8.99. The molecule has 0 saturated heterocycles. The van der Waals surface area contributed by atoms with Gasteiger partial charge in [-0.15, -0.1) is 0 Å². The summed E-state index contributed by atoms with van der Waals surface area (Å²) in [6, 6.07) is 5.48. The van der Waals surface area contributed by atoms with Gasteiger partial charge in [-0.25, -0.2) is 4.98 Å². The predicted molar refractivity (Wildman–Crippen MR) is 69.7 cm³/mol. The predicted octanol–water partition coefficient (Wildman–Crippen LogP) is 3.45. The largest absolute Gasteiger partial charge is 0.433 e. The molecule has 0 saturated carbocycles. The smallest absolute Gasteiger partial charge is 0.368 e. The highest BCUT2D eigenvalue weighted by Gasteiger charge is 2.23. The minimum absolute atomic E-state index is 0.169. The van der Waals surface area contributed by atoms with E-state index in [0.717, 1.165) is 17.5 Å². The Hall–Kier alpha value is -2.21. The second kappa shape index (κ2) is 5.19. The number of halogens is 1. The van der Waals surface area contributed by atoms with Gasteiger partial charge in [0.25, 0.3) is 0 Å². The molecule has 0 spiro atoms. The molecule has 0 atom stereocenters. The van der Waals surface area contributed by atoms with E-state index in [1.165, 1.54) is 0 Å². The van der Waals surface area contributed by atoms with Crippen LogP contribution in [0.5, 0.6) is 11.6 Å². The summed E-state index contributed by atoms with van der Waals surface area (Å²) in [5, 5.41) is 10.7. The normalized spacial score (nSPS) is 10.3. The first-order valence-electron chi connectivity index (χ1n) is 5.39. The summed E-state index contributed by atoms with van der Waals surface area (Å²) in [7, 11) is 0. The summed E-state index contributed by atoms with van der Waals surface area (Å²) in [4.78, 5) is 17.6. The molecule has 1 aromatic heterocycles. The third kappa shape index (κ3) is 2.79. The van der Waals surface area contributed by atoms with Gasteiger partial charge < -0.3 is 4.74 Å². The van der Waals surface area contributed by atoms with Crippen LogP contribution in [0.2, 0.25) is 5.15 Å². The molecule has 0 aliphatic heterocycles. The van der Waals surface area contributed by atoms with Gasteiger partial charge in [-0.1, -0.05) is 29.3 Å². The fourth-order valence-electron chi connectivity index (χ4n) is 1.59. The van der Waals surface area contributed by atoms with Crippen molar-refractivity contribution in [3.63, 3.8) is 0 Å². The number of nitro groups is 1. The fourth-order valence-corrected chi connectivity index (χ4v) is 1.78. The molecule has 0 unspecified atom stereocenters. The van der Waals surface area contributed by atoms with E-state index in [4.69, 9.17) is 16.3 Å². The van der Waals surface area contributed by atoms with E-state index >= 15 is 0 Å². The van der Waals surface area contributed by atoms with Crippen LogP contribution >= 0.6 is 11.6 Å². The van der Waals surface area contributed by atoms with Crippen molar-refractivity contribution in [2.75, 3.05) is 0 Å². The Morgan fingerprint density at radius 3 is 2.68 bits per heavy atom. The fraction of sp³-hybridized carbons (Fsp3) is 0.167. The maximum Gasteiger partial charge on any atom is 0.368 e. The number of aryl methyl sites for hydroxylation is 2. The van der Waals surface area contributed by atoms with E-state index in [9.17, 15) is 10.1 Å². The summed E-state index contributed by atoms with van der Waals surface area (Å²) in [5.74, 6) is 0.320. The monoisotopic (exact) mass is 279 g/mol. The molecule has 1 aromatic carbocycles. The Labute approximate surface area is 114 Å². The Bertz CT molecular complexity index is 646. The zero-order chi connectivity index (χ0) is 14.0. The van der Waals surface area contributed by atoms with Crippen LogP contribution in [-0.2, 0) is 0 Å². The first kappa shape index (κ1) is 13.2. The van der Waals surface area contributed by atoms with Crippen molar-refractivity contribution in [3.8, 4) is 11.6 Å². The van der Waals surface area contributed by atoms with Crippen molar-refractivity contribution in [3.05, 3.63) is 50.9 Å². The summed E-state index contributed by atoms with van der Waals surface area (Å²) < 4.78 is 5.46. The van der Waals surface area contributed by atoms with Gasteiger partial charge in [0.15, 0.2) is 0 Å². The Kier molecular flexibility index (Phi) is 3.62. The molecule has 0 bridgehead atoms. The van der Waals surface area contributed by atoms with E-state index in [1.807, 2.05) is 26.0 Å². The zero-order valence-corrected chi connectivity index (χ0v) is 11.0. The molecular weight excluding hydrogens is 270 g/mol. The second-order valence-corrected chi connectivity index (χ2v) is 4.30. The number of aromatic nitrogens is 2. The van der Waals surface area contributed by atoms with Crippen molar-refractivity contribution in [1.29, 1.82) is 0 Å². The van der Waals surface area contributed by atoms with Crippen molar-refractivity contribution < 1.29 is 9.66 Å². The lowest BCUT2D eigenvalue weighted by Gasteiger charge is -2.08. The molecule has 0 aliphatic rings. The standard InChI is InChI=1S/C12H10ClN3O3/c1-7-3-4-9(8(2)5-7)19-12-10(16(17)18)11(13)14-6-15-12/h3-6H,1-2H3. The number of ether oxygens (including phenoxy) is 1. The second-order valence-electron chi connectivity index (χ2n) is 3.95. The summed E-state index contributed by atoms with van der Waals surface area (Å²) in [6.45, 7) is 3.79. The number of nitrogens with zero attached hydrogens (tertiary/aromatic N) is 3. The summed E-state index contributed by atoms with van der Waals surface area (Å²) in [6.07, 6.45) is 1.12. The number of rotatable bonds is 3. The van der Waals surface area contributed by atoms with Crippen molar-refractivity contribution in [2.24, 2.45) is 0 Å². The van der Waals surface area contributed by atoms with E-state index in [0.29, 0.717) is 5.75 Å². The number of benzene rings is 1. The molecule has 0 fully saturated rings. The summed E-state index contributed by atoms with van der Waals surface area (Å²) in [5.41, 5.74) is 1.48. The van der Waals surface area contributed by atoms with E-state index < -0.39 is 10.6 Å². The molecule has 1 heterocycles. The number of hydrogen-bond acceptors (Lipinski definition) is 5. The van der Waals surface area contributed by atoms with Gasteiger partial charge in [0, 0.05) is 0 Å². The highest BCUT2D eigenvalue weighted by Crippen LogP contribution is 2.34. The lowest BCUT2D eigenvalue weighted by atomic mass is 10.1. The molecule has 2 rings (SSSR count). The quantitative estimate of drug-likeness (QED) is 0.488. The molecule has 6 nitrogen and oxygen atoms in total. The number of hydrogen-bond donors (Lipinski definition) is 0. The van der Waals surface area contributed by atoms with Crippen LogP contribution in [0, 0.1) is 24.0 Å². The minimum Gasteiger partial charge on any atom is -0.433 e. The lowest BCUT2D eigenvalue weighted by Crippen LogP contribution is -1.99. The van der Waals surface area contributed by atoms with Gasteiger partial charge in [-0.2, -0.15) is 4.98 Å². The molecule has 0 aliphatic carbocycles. The van der Waals surface area contributed by atoms with Crippen molar-refractivity contribution in [2.45, 2.75) is 13.8 Å². The molecular formula is C12H10ClN3O3. The Morgan fingerprint density at radius 1 is 1.32 bits per heavy atom. The molecule has 7 heteroatoms. The van der Waals surface area contributed by atoms with E-state index in [1.54, 1.807) is 6.07 Å². The molecule has 98 valence electrons. The van der Waals surface area contributed by atoms with Gasteiger partial charge >= 0.3 is 11.6 Å². The molecule has 0 amide bonds. The van der Waals surface area contributed by atoms with Gasteiger partial charge in [0.2, 0.25) is 5.15 Å². The van der Waals surface area contributed by atoms with Crippen LogP contribution in [0.15, 0.2) is 24.5 Å². The average Bonchev–Trinajstić information content (AvgIpc) is 2.32. The van der Waals surface area contributed by atoms with E-state index in [-0.39, 0.29) is 11.0 Å². The average molecular weight is 280 g/mol. The SMILES string of the molecule is Cc1ccc(Oc2ncnc(Cl)c2[N+](=O)[O-])c(C)c1. The van der Waals surface area contributed by atoms with Crippen molar-refractivity contribution in [1.82, 2.24) is 9.97 Å². The lowest BCUT2D eigenvalue weighted by molar-refractivity contribution is -0.386. The van der Waals surface area contributed by atoms with Gasteiger partial charge in [-0.3, -0.25) is 10.1 Å². The zero-order valence-electron chi connectivity index (χ0n) is 10.3. The maximum absolute atomic E-state index is 10.9. The molecule has 0 radical (unpaired) electrons. The topological polar surface area (TPSA) is 78.2 Å². The third-order valence-corrected chi connectivity index (χ3v) is 2.74. The Morgan fingerprint density at radius 2 is 2.05 bits per heavy atom. The van der Waals surface area contributed by atoms with Crippen LogP contribution < -0.4 is 4.74 Å². The molecule has 0 N–H and O–H groups in total. The van der Waals surface area contributed by atoms with Crippen LogP contribution in [0.1, 0.15) is 11.1 Å². The first-order valence-corrected chi connectivity index (χ1v) is 5.77. The van der Waals surface area contributed by atoms with E-state index in [2.05, 4.69) is 9.97 Å². The van der Waals surface area contributed by atoms with Gasteiger partial charge in [0.05, 0.1) is 4.92 Å². The summed E-state index contributed by atoms with van der Waals surface area (Å²) >= 11 is 5.68. The van der Waals surface area contributed by atoms with Crippen LogP contribution in [0.25, 0.3) is 0 Å². The molecule has 2 aromatic rings. The Balaban J connectivity index is 2.44. The maximum atomic E-state index is 10.9. The van der Waals surface area contributed by atoms with Crippen LogP contribution in [0.3, 0.4) is 0 Å². The van der Waals surface area contributed by atoms with Crippen molar-refractivity contribution >= 4 is 17.3 Å². The van der Waals surface area contributed by atoms with Gasteiger partial charge in [0.1, 0.15) is 12.1 Å². The minimum atomic E-state index is -0.665.